The van der Waals surface area contributed by atoms with Crippen LogP contribution in [0.5, 0.6) is 0 Å². The van der Waals surface area contributed by atoms with Crippen LogP contribution in [0.4, 0.5) is 0 Å². The minimum atomic E-state index is 0.882. The molecule has 12 rings (SSSR count). The zero-order valence-electron chi connectivity index (χ0n) is 27.9. The third-order valence-corrected chi connectivity index (χ3v) is 10.9. The van der Waals surface area contributed by atoms with Gasteiger partial charge in [-0.1, -0.05) is 91.0 Å². The van der Waals surface area contributed by atoms with Gasteiger partial charge in [-0.05, 0) is 90.0 Å². The number of aromatic nitrogens is 2. The van der Waals surface area contributed by atoms with E-state index in [1.807, 2.05) is 12.1 Å². The molecule has 4 heterocycles. The maximum absolute atomic E-state index is 6.80. The number of benzene rings is 8. The zero-order valence-corrected chi connectivity index (χ0v) is 27.9. The van der Waals surface area contributed by atoms with Gasteiger partial charge in [0.15, 0.2) is 0 Å². The average Bonchev–Trinajstić information content (AvgIpc) is 3.95. The monoisotopic (exact) mass is 664 g/mol. The molecule has 0 aliphatic carbocycles. The second-order valence-electron chi connectivity index (χ2n) is 13.7. The van der Waals surface area contributed by atoms with Gasteiger partial charge in [-0.25, -0.2) is 0 Å². The molecule has 0 N–H and O–H groups in total. The Hall–Kier alpha value is -7.04. The van der Waals surface area contributed by atoms with Crippen LogP contribution in [0.15, 0.2) is 179 Å². The predicted octanol–water partition coefficient (Wildman–Crippen LogP) is 13.3. The Kier molecular flexibility index (Phi) is 5.47. The molecule has 4 nitrogen and oxygen atoms in total. The van der Waals surface area contributed by atoms with E-state index in [2.05, 4.69) is 167 Å². The van der Waals surface area contributed by atoms with Crippen molar-refractivity contribution in [3.63, 3.8) is 0 Å². The molecule has 0 bridgehead atoms. The van der Waals surface area contributed by atoms with Crippen LogP contribution in [-0.4, -0.2) is 9.13 Å². The number of furan rings is 2. The van der Waals surface area contributed by atoms with Crippen LogP contribution in [0.2, 0.25) is 0 Å². The van der Waals surface area contributed by atoms with Crippen molar-refractivity contribution in [1.82, 2.24) is 9.13 Å². The molecule has 12 aromatic rings. The van der Waals surface area contributed by atoms with Gasteiger partial charge in [-0.15, -0.1) is 0 Å². The highest BCUT2D eigenvalue weighted by Crippen LogP contribution is 2.42. The first-order valence-electron chi connectivity index (χ1n) is 17.7. The third kappa shape index (κ3) is 3.75. The number of para-hydroxylation sites is 4. The summed E-state index contributed by atoms with van der Waals surface area (Å²) < 4.78 is 17.7. The zero-order chi connectivity index (χ0) is 33.9. The van der Waals surface area contributed by atoms with Crippen LogP contribution < -0.4 is 0 Å². The maximum Gasteiger partial charge on any atom is 0.145 e. The van der Waals surface area contributed by atoms with Crippen molar-refractivity contribution in [2.45, 2.75) is 0 Å². The molecule has 0 unspecified atom stereocenters. The van der Waals surface area contributed by atoms with Crippen molar-refractivity contribution in [3.8, 4) is 22.5 Å². The van der Waals surface area contributed by atoms with E-state index >= 15 is 0 Å². The highest BCUT2D eigenvalue weighted by atomic mass is 16.3. The Morgan fingerprint density at radius 3 is 1.69 bits per heavy atom. The smallest absolute Gasteiger partial charge is 0.145 e. The Balaban J connectivity index is 1.06. The van der Waals surface area contributed by atoms with Crippen molar-refractivity contribution in [2.75, 3.05) is 0 Å². The van der Waals surface area contributed by atoms with Gasteiger partial charge >= 0.3 is 0 Å². The molecule has 0 amide bonds. The Morgan fingerprint density at radius 2 is 0.885 bits per heavy atom. The van der Waals surface area contributed by atoms with E-state index in [0.29, 0.717) is 0 Å². The van der Waals surface area contributed by atoms with E-state index in [1.165, 1.54) is 27.2 Å². The number of nitrogens with zero attached hydrogens (tertiary/aromatic N) is 2. The fourth-order valence-corrected chi connectivity index (χ4v) is 8.62. The molecule has 4 aromatic heterocycles. The van der Waals surface area contributed by atoms with E-state index in [4.69, 9.17) is 8.83 Å². The molecule has 0 aliphatic rings. The van der Waals surface area contributed by atoms with E-state index in [1.54, 1.807) is 0 Å². The van der Waals surface area contributed by atoms with Gasteiger partial charge in [0, 0.05) is 49.1 Å². The Morgan fingerprint density at radius 1 is 0.308 bits per heavy atom. The summed E-state index contributed by atoms with van der Waals surface area (Å²) in [6.45, 7) is 0. The lowest BCUT2D eigenvalue weighted by Crippen LogP contribution is -1.94. The van der Waals surface area contributed by atoms with Gasteiger partial charge in [-0.3, -0.25) is 0 Å². The summed E-state index contributed by atoms with van der Waals surface area (Å²) in [6.07, 6.45) is 0. The summed E-state index contributed by atoms with van der Waals surface area (Å²) in [5.74, 6) is 0. The number of hydrogen-bond acceptors (Lipinski definition) is 2. The minimum absolute atomic E-state index is 0.882. The molecule has 0 aliphatic heterocycles. The predicted molar refractivity (Wildman–Crippen MR) is 215 cm³/mol. The summed E-state index contributed by atoms with van der Waals surface area (Å²) in [5, 5.41) is 9.29. The Bertz CT molecular complexity index is 3370. The topological polar surface area (TPSA) is 36.1 Å². The fraction of sp³-hybridized carbons (Fsp3) is 0. The summed E-state index contributed by atoms with van der Waals surface area (Å²) in [5.41, 5.74) is 12.8. The number of rotatable bonds is 3. The quantitative estimate of drug-likeness (QED) is 0.188. The molecule has 0 saturated heterocycles. The molecular formula is C48H28N2O2. The second kappa shape index (κ2) is 10.3. The van der Waals surface area contributed by atoms with Crippen molar-refractivity contribution in [2.24, 2.45) is 0 Å². The first-order chi connectivity index (χ1) is 25.8. The standard InChI is InChI=1S/C48H28N2O2/c1-5-16-40-33(12-1)34-13-2-6-17-41(34)49(40)32-21-25-46-39(28-32)36-22-23-43-47(48(36)52-46)37-15-3-7-18-42(37)50(43)31-11-9-10-29(26-31)30-20-24-45-38(27-30)35-14-4-8-19-44(35)51-45/h1-28H. The first-order valence-corrected chi connectivity index (χ1v) is 17.7. The summed E-state index contributed by atoms with van der Waals surface area (Å²) >= 11 is 0. The third-order valence-electron chi connectivity index (χ3n) is 10.9. The van der Waals surface area contributed by atoms with E-state index < -0.39 is 0 Å². The van der Waals surface area contributed by atoms with Crippen LogP contribution in [0.25, 0.3) is 110 Å². The molecule has 0 fully saturated rings. The summed E-state index contributed by atoms with van der Waals surface area (Å²) in [4.78, 5) is 0. The largest absolute Gasteiger partial charge is 0.456 e. The van der Waals surface area contributed by atoms with Crippen LogP contribution in [-0.2, 0) is 0 Å². The van der Waals surface area contributed by atoms with Crippen LogP contribution in [0, 0.1) is 0 Å². The normalized spacial score (nSPS) is 12.2. The molecule has 4 heteroatoms. The molecule has 8 aromatic carbocycles. The van der Waals surface area contributed by atoms with Crippen molar-refractivity contribution < 1.29 is 8.83 Å². The van der Waals surface area contributed by atoms with Crippen LogP contribution >= 0.6 is 0 Å². The Labute approximate surface area is 296 Å². The minimum Gasteiger partial charge on any atom is -0.456 e. The van der Waals surface area contributed by atoms with E-state index in [9.17, 15) is 0 Å². The molecule has 0 spiro atoms. The lowest BCUT2D eigenvalue weighted by Gasteiger charge is -2.10. The number of fused-ring (bicyclic) bond motifs is 13. The fourth-order valence-electron chi connectivity index (χ4n) is 8.62. The average molecular weight is 665 g/mol. The second-order valence-corrected chi connectivity index (χ2v) is 13.7. The summed E-state index contributed by atoms with van der Waals surface area (Å²) in [7, 11) is 0. The van der Waals surface area contributed by atoms with E-state index in [-0.39, 0.29) is 0 Å². The lowest BCUT2D eigenvalue weighted by molar-refractivity contribution is 0.669. The molecular weight excluding hydrogens is 637 g/mol. The molecule has 0 saturated carbocycles. The molecule has 0 atom stereocenters. The highest BCUT2D eigenvalue weighted by molar-refractivity contribution is 6.24. The van der Waals surface area contributed by atoms with E-state index in [0.717, 1.165) is 82.8 Å². The number of hydrogen-bond donors (Lipinski definition) is 0. The van der Waals surface area contributed by atoms with Crippen LogP contribution in [0.1, 0.15) is 0 Å². The van der Waals surface area contributed by atoms with Gasteiger partial charge in [-0.2, -0.15) is 0 Å². The van der Waals surface area contributed by atoms with Crippen LogP contribution in [0.3, 0.4) is 0 Å². The lowest BCUT2D eigenvalue weighted by atomic mass is 10.0. The maximum atomic E-state index is 6.80. The van der Waals surface area contributed by atoms with Gasteiger partial charge in [0.25, 0.3) is 0 Å². The van der Waals surface area contributed by atoms with Crippen molar-refractivity contribution in [3.05, 3.63) is 170 Å². The molecule has 0 radical (unpaired) electrons. The highest BCUT2D eigenvalue weighted by Gasteiger charge is 2.20. The van der Waals surface area contributed by atoms with Gasteiger partial charge in [0.2, 0.25) is 0 Å². The van der Waals surface area contributed by atoms with Crippen molar-refractivity contribution >= 4 is 87.5 Å². The molecule has 242 valence electrons. The van der Waals surface area contributed by atoms with Gasteiger partial charge in [0.1, 0.15) is 22.3 Å². The SMILES string of the molecule is c1cc(-c2ccc3oc4ccccc4c3c2)cc(-n2c3ccccc3c3c4oc5ccc(-n6c7ccccc7c7ccccc76)cc5c4ccc32)c1. The van der Waals surface area contributed by atoms with Gasteiger partial charge in [0.05, 0.1) is 27.5 Å². The van der Waals surface area contributed by atoms with Crippen molar-refractivity contribution in [1.29, 1.82) is 0 Å². The summed E-state index contributed by atoms with van der Waals surface area (Å²) in [6, 6.07) is 60.6. The first kappa shape index (κ1) is 27.7. The van der Waals surface area contributed by atoms with Gasteiger partial charge < -0.3 is 18.0 Å². The molecule has 52 heavy (non-hydrogen) atoms.